The van der Waals surface area contributed by atoms with Crippen molar-refractivity contribution in [2.24, 2.45) is 4.99 Å². The SMILES string of the molecule is Cc1c(Cl)cccc1N=Cc1c(O)n(-c2ccc(F)cc2)c(=S)[nH]c1=O. The van der Waals surface area contributed by atoms with Gasteiger partial charge in [0.2, 0.25) is 5.88 Å². The molecule has 0 saturated heterocycles. The van der Waals surface area contributed by atoms with Gasteiger partial charge in [0.05, 0.1) is 11.4 Å². The summed E-state index contributed by atoms with van der Waals surface area (Å²) in [6, 6.07) is 10.5. The topological polar surface area (TPSA) is 70.4 Å². The molecule has 5 nitrogen and oxygen atoms in total. The molecule has 0 aliphatic heterocycles. The molecule has 0 unspecified atom stereocenters. The lowest BCUT2D eigenvalue weighted by molar-refractivity contribution is 0.432. The van der Waals surface area contributed by atoms with Gasteiger partial charge in [-0.1, -0.05) is 17.7 Å². The Morgan fingerprint density at radius 2 is 1.96 bits per heavy atom. The minimum atomic E-state index is -0.589. The van der Waals surface area contributed by atoms with Crippen molar-refractivity contribution < 1.29 is 9.50 Å². The third-order valence-electron chi connectivity index (χ3n) is 3.78. The maximum atomic E-state index is 13.1. The summed E-state index contributed by atoms with van der Waals surface area (Å²) in [6.07, 6.45) is 1.24. The second kappa shape index (κ2) is 7.23. The molecule has 1 heterocycles. The molecule has 0 saturated carbocycles. The first-order chi connectivity index (χ1) is 12.4. The summed E-state index contributed by atoms with van der Waals surface area (Å²) >= 11 is 11.2. The second-order valence-corrected chi connectivity index (χ2v) is 6.24. The molecule has 26 heavy (non-hydrogen) atoms. The molecule has 2 N–H and O–H groups in total. The number of halogens is 2. The Labute approximate surface area is 158 Å². The van der Waals surface area contributed by atoms with Crippen LogP contribution in [0.1, 0.15) is 11.1 Å². The first-order valence-electron chi connectivity index (χ1n) is 7.52. The zero-order valence-corrected chi connectivity index (χ0v) is 15.1. The number of benzene rings is 2. The van der Waals surface area contributed by atoms with Crippen molar-refractivity contribution in [2.45, 2.75) is 6.92 Å². The van der Waals surface area contributed by atoms with Gasteiger partial charge in [-0.2, -0.15) is 0 Å². The normalized spacial score (nSPS) is 11.2. The Hall–Kier alpha value is -2.77. The number of aromatic amines is 1. The highest BCUT2D eigenvalue weighted by molar-refractivity contribution is 7.71. The van der Waals surface area contributed by atoms with Crippen LogP contribution in [-0.2, 0) is 0 Å². The number of H-pyrrole nitrogens is 1. The quantitative estimate of drug-likeness (QED) is 0.513. The summed E-state index contributed by atoms with van der Waals surface area (Å²) in [5, 5.41) is 11.1. The molecule has 0 atom stereocenters. The predicted octanol–water partition coefficient (Wildman–Crippen LogP) is 4.45. The molecule has 0 amide bonds. The lowest BCUT2D eigenvalue weighted by atomic mass is 10.2. The second-order valence-electron chi connectivity index (χ2n) is 5.45. The maximum absolute atomic E-state index is 13.1. The average molecular weight is 390 g/mol. The molecule has 8 heteroatoms. The molecular formula is C18H13ClFN3O2S. The molecule has 3 aromatic rings. The highest BCUT2D eigenvalue weighted by Crippen LogP contribution is 2.26. The van der Waals surface area contributed by atoms with Crippen LogP contribution < -0.4 is 5.56 Å². The Morgan fingerprint density at radius 3 is 2.65 bits per heavy atom. The van der Waals surface area contributed by atoms with Crippen molar-refractivity contribution >= 4 is 35.7 Å². The summed E-state index contributed by atoms with van der Waals surface area (Å²) in [5.74, 6) is -0.823. The maximum Gasteiger partial charge on any atom is 0.264 e. The van der Waals surface area contributed by atoms with Crippen molar-refractivity contribution in [1.82, 2.24) is 9.55 Å². The van der Waals surface area contributed by atoms with Crippen LogP contribution in [0.3, 0.4) is 0 Å². The van der Waals surface area contributed by atoms with Crippen LogP contribution in [0.2, 0.25) is 5.02 Å². The number of rotatable bonds is 3. The number of aliphatic imine (C=N–C) groups is 1. The van der Waals surface area contributed by atoms with Gasteiger partial charge < -0.3 is 5.11 Å². The number of nitrogens with zero attached hydrogens (tertiary/aromatic N) is 2. The fraction of sp³-hybridized carbons (Fsp3) is 0.0556. The Balaban J connectivity index is 2.14. The van der Waals surface area contributed by atoms with Crippen LogP contribution in [0.5, 0.6) is 5.88 Å². The molecule has 0 radical (unpaired) electrons. The van der Waals surface area contributed by atoms with Crippen LogP contribution in [0.25, 0.3) is 5.69 Å². The summed E-state index contributed by atoms with van der Waals surface area (Å²) < 4.78 is 14.3. The minimum absolute atomic E-state index is 0.0183. The number of aromatic nitrogens is 2. The summed E-state index contributed by atoms with van der Waals surface area (Å²) in [6.45, 7) is 1.80. The fourth-order valence-electron chi connectivity index (χ4n) is 2.35. The smallest absolute Gasteiger partial charge is 0.264 e. The van der Waals surface area contributed by atoms with E-state index in [0.29, 0.717) is 16.4 Å². The van der Waals surface area contributed by atoms with Crippen LogP contribution in [0.15, 0.2) is 52.3 Å². The van der Waals surface area contributed by atoms with Crippen molar-refractivity contribution in [1.29, 1.82) is 0 Å². The van der Waals surface area contributed by atoms with Gasteiger partial charge in [-0.05, 0) is 61.1 Å². The van der Waals surface area contributed by atoms with E-state index in [1.165, 1.54) is 35.0 Å². The third-order valence-corrected chi connectivity index (χ3v) is 4.47. The van der Waals surface area contributed by atoms with E-state index in [0.717, 1.165) is 5.56 Å². The molecule has 2 aromatic carbocycles. The molecular weight excluding hydrogens is 377 g/mol. The average Bonchev–Trinajstić information content (AvgIpc) is 2.59. The van der Waals surface area contributed by atoms with E-state index in [2.05, 4.69) is 9.98 Å². The number of aromatic hydroxyl groups is 1. The van der Waals surface area contributed by atoms with E-state index >= 15 is 0 Å². The van der Waals surface area contributed by atoms with Gasteiger partial charge in [0.25, 0.3) is 5.56 Å². The molecule has 0 spiro atoms. The van der Waals surface area contributed by atoms with Gasteiger partial charge in [0.15, 0.2) is 4.77 Å². The standard InChI is InChI=1S/C18H13ClFN3O2S/c1-10-14(19)3-2-4-15(10)21-9-13-16(24)22-18(26)23(17(13)25)12-7-5-11(20)6-8-12/h2-9,25H,1H3,(H,22,24,26). The Morgan fingerprint density at radius 1 is 1.27 bits per heavy atom. The fourth-order valence-corrected chi connectivity index (χ4v) is 2.81. The first kappa shape index (κ1) is 18.0. The van der Waals surface area contributed by atoms with E-state index in [9.17, 15) is 14.3 Å². The van der Waals surface area contributed by atoms with Crippen molar-refractivity contribution in [3.63, 3.8) is 0 Å². The van der Waals surface area contributed by atoms with Crippen molar-refractivity contribution in [2.75, 3.05) is 0 Å². The zero-order chi connectivity index (χ0) is 18.8. The number of nitrogens with one attached hydrogen (secondary N) is 1. The monoisotopic (exact) mass is 389 g/mol. The van der Waals surface area contributed by atoms with Gasteiger partial charge in [0, 0.05) is 11.2 Å². The van der Waals surface area contributed by atoms with Crippen LogP contribution in [0.4, 0.5) is 10.1 Å². The van der Waals surface area contributed by atoms with Gasteiger partial charge in [-0.15, -0.1) is 0 Å². The zero-order valence-electron chi connectivity index (χ0n) is 13.5. The van der Waals surface area contributed by atoms with Crippen molar-refractivity contribution in [3.05, 3.63) is 79.6 Å². The molecule has 132 valence electrons. The molecule has 0 aliphatic carbocycles. The van der Waals surface area contributed by atoms with E-state index in [1.54, 1.807) is 25.1 Å². The first-order valence-corrected chi connectivity index (χ1v) is 8.30. The van der Waals surface area contributed by atoms with Crippen LogP contribution in [0, 0.1) is 17.5 Å². The largest absolute Gasteiger partial charge is 0.494 e. The van der Waals surface area contributed by atoms with Gasteiger partial charge >= 0.3 is 0 Å². The molecule has 0 fully saturated rings. The van der Waals surface area contributed by atoms with Crippen LogP contribution >= 0.6 is 23.8 Å². The highest BCUT2D eigenvalue weighted by Gasteiger charge is 2.13. The minimum Gasteiger partial charge on any atom is -0.494 e. The highest BCUT2D eigenvalue weighted by atomic mass is 35.5. The third kappa shape index (κ3) is 3.44. The molecule has 0 bridgehead atoms. The summed E-state index contributed by atoms with van der Waals surface area (Å²) in [4.78, 5) is 18.9. The van der Waals surface area contributed by atoms with Gasteiger partial charge in [-0.25, -0.2) is 4.39 Å². The summed E-state index contributed by atoms with van der Waals surface area (Å²) in [5.41, 5.74) is 1.04. The van der Waals surface area contributed by atoms with E-state index < -0.39 is 17.3 Å². The lowest BCUT2D eigenvalue weighted by Gasteiger charge is -2.11. The number of hydrogen-bond donors (Lipinski definition) is 2. The Bertz CT molecular complexity index is 1120. The lowest BCUT2D eigenvalue weighted by Crippen LogP contribution is -2.18. The van der Waals surface area contributed by atoms with E-state index in [-0.39, 0.29) is 10.3 Å². The number of hydrogen-bond acceptors (Lipinski definition) is 4. The van der Waals surface area contributed by atoms with E-state index in [1.807, 2.05) is 0 Å². The molecule has 0 aliphatic rings. The van der Waals surface area contributed by atoms with Gasteiger partial charge in [-0.3, -0.25) is 19.3 Å². The summed E-state index contributed by atoms with van der Waals surface area (Å²) in [7, 11) is 0. The molecule has 3 rings (SSSR count). The van der Waals surface area contributed by atoms with E-state index in [4.69, 9.17) is 23.8 Å². The predicted molar refractivity (Wildman–Crippen MR) is 102 cm³/mol. The van der Waals surface area contributed by atoms with Gasteiger partial charge in [0.1, 0.15) is 11.4 Å². The van der Waals surface area contributed by atoms with Crippen molar-refractivity contribution in [3.8, 4) is 11.6 Å². The van der Waals surface area contributed by atoms with Crippen LogP contribution in [-0.4, -0.2) is 20.9 Å². The Kier molecular flexibility index (Phi) is 5.01. The molecule has 1 aromatic heterocycles.